The summed E-state index contributed by atoms with van der Waals surface area (Å²) in [5.74, 6) is -0.393. The number of oxazole rings is 1. The Balaban J connectivity index is 2.98. The van der Waals surface area contributed by atoms with Gasteiger partial charge in [-0.1, -0.05) is 0 Å². The summed E-state index contributed by atoms with van der Waals surface area (Å²) in [4.78, 5) is 15.2. The van der Waals surface area contributed by atoms with E-state index in [1.165, 1.54) is 18.4 Å². The van der Waals surface area contributed by atoms with Gasteiger partial charge >= 0.3 is 5.97 Å². The first kappa shape index (κ1) is 11.8. The summed E-state index contributed by atoms with van der Waals surface area (Å²) in [6.45, 7) is 1.96. The maximum Gasteiger partial charge on any atom is 0.361 e. The first-order chi connectivity index (χ1) is 7.70. The SMILES string of the molecule is CCOC(=O)c1ncoc1/C(N)=C/C=C\N. The maximum absolute atomic E-state index is 11.4. The quantitative estimate of drug-likeness (QED) is 0.572. The molecule has 0 bridgehead atoms. The van der Waals surface area contributed by atoms with Crippen LogP contribution in [0.5, 0.6) is 0 Å². The standard InChI is InChI=1S/C10H13N3O3/c1-2-15-10(14)8-9(16-6-13-8)7(12)4-3-5-11/h3-6H,2,11-12H2,1H3/b5-3-,7-4-. The fourth-order valence-electron chi connectivity index (χ4n) is 1.03. The molecule has 0 saturated carbocycles. The summed E-state index contributed by atoms with van der Waals surface area (Å²) in [5, 5.41) is 0. The molecule has 1 aromatic heterocycles. The van der Waals surface area contributed by atoms with Crippen molar-refractivity contribution in [3.63, 3.8) is 0 Å². The lowest BCUT2D eigenvalue weighted by atomic mass is 10.2. The number of esters is 1. The summed E-state index contributed by atoms with van der Waals surface area (Å²) < 4.78 is 9.81. The molecule has 16 heavy (non-hydrogen) atoms. The Kier molecular flexibility index (Phi) is 4.14. The second-order valence-corrected chi connectivity index (χ2v) is 2.76. The van der Waals surface area contributed by atoms with Crippen LogP contribution in [0.1, 0.15) is 23.2 Å². The smallest absolute Gasteiger partial charge is 0.361 e. The summed E-state index contributed by atoms with van der Waals surface area (Å²) in [6.07, 6.45) is 5.47. The molecular formula is C10H13N3O3. The monoisotopic (exact) mass is 223 g/mol. The van der Waals surface area contributed by atoms with E-state index >= 15 is 0 Å². The van der Waals surface area contributed by atoms with E-state index in [2.05, 4.69) is 4.98 Å². The topological polar surface area (TPSA) is 104 Å². The minimum Gasteiger partial charge on any atom is -0.461 e. The third-order valence-electron chi connectivity index (χ3n) is 1.69. The number of rotatable bonds is 4. The fraction of sp³-hybridized carbons (Fsp3) is 0.200. The highest BCUT2D eigenvalue weighted by atomic mass is 16.5. The third-order valence-corrected chi connectivity index (χ3v) is 1.69. The van der Waals surface area contributed by atoms with Crippen LogP contribution in [0, 0.1) is 0 Å². The molecule has 0 radical (unpaired) electrons. The van der Waals surface area contributed by atoms with Crippen molar-refractivity contribution in [1.82, 2.24) is 4.98 Å². The van der Waals surface area contributed by atoms with Crippen molar-refractivity contribution in [3.05, 3.63) is 36.2 Å². The molecule has 6 nitrogen and oxygen atoms in total. The van der Waals surface area contributed by atoms with Gasteiger partial charge in [-0.25, -0.2) is 9.78 Å². The molecule has 0 unspecified atom stereocenters. The van der Waals surface area contributed by atoms with Crippen LogP contribution in [0.2, 0.25) is 0 Å². The van der Waals surface area contributed by atoms with Gasteiger partial charge < -0.3 is 20.6 Å². The number of nitrogens with two attached hydrogens (primary N) is 2. The molecule has 1 heterocycles. The molecule has 86 valence electrons. The average Bonchev–Trinajstić information content (AvgIpc) is 2.75. The highest BCUT2D eigenvalue weighted by Crippen LogP contribution is 2.15. The molecule has 6 heteroatoms. The van der Waals surface area contributed by atoms with E-state index in [1.807, 2.05) is 0 Å². The molecule has 0 saturated heterocycles. The highest BCUT2D eigenvalue weighted by Gasteiger charge is 2.19. The van der Waals surface area contributed by atoms with Gasteiger partial charge in [0.05, 0.1) is 12.3 Å². The lowest BCUT2D eigenvalue weighted by Gasteiger charge is -2.00. The highest BCUT2D eigenvalue weighted by molar-refractivity contribution is 5.91. The van der Waals surface area contributed by atoms with Gasteiger partial charge in [-0.3, -0.25) is 0 Å². The van der Waals surface area contributed by atoms with Crippen molar-refractivity contribution in [2.45, 2.75) is 6.92 Å². The molecule has 0 spiro atoms. The zero-order valence-electron chi connectivity index (χ0n) is 8.84. The molecule has 0 aliphatic rings. The Morgan fingerprint density at radius 3 is 3.06 bits per heavy atom. The van der Waals surface area contributed by atoms with Gasteiger partial charge in [0, 0.05) is 0 Å². The summed E-state index contributed by atoms with van der Waals surface area (Å²) >= 11 is 0. The van der Waals surface area contributed by atoms with Gasteiger partial charge in [-0.15, -0.1) is 0 Å². The Hall–Kier alpha value is -2.24. The maximum atomic E-state index is 11.4. The van der Waals surface area contributed by atoms with Gasteiger partial charge in [-0.05, 0) is 25.3 Å². The van der Waals surface area contributed by atoms with Crippen LogP contribution in [0.3, 0.4) is 0 Å². The van der Waals surface area contributed by atoms with Crippen molar-refractivity contribution in [2.24, 2.45) is 11.5 Å². The largest absolute Gasteiger partial charge is 0.461 e. The van der Waals surface area contributed by atoms with Gasteiger partial charge in [0.2, 0.25) is 0 Å². The first-order valence-electron chi connectivity index (χ1n) is 4.65. The van der Waals surface area contributed by atoms with Crippen molar-refractivity contribution in [3.8, 4) is 0 Å². The molecule has 0 fully saturated rings. The summed E-state index contributed by atoms with van der Waals surface area (Å²) in [5.41, 5.74) is 11.1. The van der Waals surface area contributed by atoms with Gasteiger partial charge in [-0.2, -0.15) is 0 Å². The van der Waals surface area contributed by atoms with E-state index in [1.54, 1.807) is 6.92 Å². The first-order valence-corrected chi connectivity index (χ1v) is 4.65. The Morgan fingerprint density at radius 1 is 1.69 bits per heavy atom. The minimum absolute atomic E-state index is 0.0565. The number of nitrogens with zero attached hydrogens (tertiary/aromatic N) is 1. The summed E-state index contributed by atoms with van der Waals surface area (Å²) in [6, 6.07) is 0. The lowest BCUT2D eigenvalue weighted by Crippen LogP contribution is -2.09. The van der Waals surface area contributed by atoms with Crippen LogP contribution in [0.25, 0.3) is 5.70 Å². The van der Waals surface area contributed by atoms with E-state index in [0.717, 1.165) is 6.39 Å². The van der Waals surface area contributed by atoms with Crippen LogP contribution < -0.4 is 11.5 Å². The normalized spacial score (nSPS) is 11.9. The molecule has 0 aliphatic heterocycles. The second-order valence-electron chi connectivity index (χ2n) is 2.76. The third kappa shape index (κ3) is 2.63. The van der Waals surface area contributed by atoms with E-state index in [-0.39, 0.29) is 23.8 Å². The Labute approximate surface area is 92.6 Å². The number of allylic oxidation sites excluding steroid dienone is 2. The molecule has 0 aromatic carbocycles. The number of carbonyl (C=O) groups is 1. The zero-order chi connectivity index (χ0) is 12.0. The van der Waals surface area contributed by atoms with Crippen LogP contribution in [-0.4, -0.2) is 17.6 Å². The molecule has 1 aromatic rings. The van der Waals surface area contributed by atoms with E-state index in [4.69, 9.17) is 20.6 Å². The van der Waals surface area contributed by atoms with Crippen LogP contribution >= 0.6 is 0 Å². The van der Waals surface area contributed by atoms with E-state index in [0.29, 0.717) is 0 Å². The van der Waals surface area contributed by atoms with Crippen LogP contribution in [0.15, 0.2) is 29.2 Å². The number of hydrogen-bond acceptors (Lipinski definition) is 6. The predicted molar refractivity (Wildman–Crippen MR) is 58.0 cm³/mol. The molecule has 4 N–H and O–H groups in total. The van der Waals surface area contributed by atoms with Crippen molar-refractivity contribution in [1.29, 1.82) is 0 Å². The molecule has 0 atom stereocenters. The van der Waals surface area contributed by atoms with Crippen molar-refractivity contribution < 1.29 is 13.9 Å². The van der Waals surface area contributed by atoms with Gasteiger partial charge in [0.25, 0.3) is 0 Å². The van der Waals surface area contributed by atoms with Crippen LogP contribution in [-0.2, 0) is 4.74 Å². The van der Waals surface area contributed by atoms with Crippen LogP contribution in [0.4, 0.5) is 0 Å². The minimum atomic E-state index is -0.570. The van der Waals surface area contributed by atoms with Crippen molar-refractivity contribution in [2.75, 3.05) is 6.61 Å². The molecule has 1 rings (SSSR count). The Bertz CT molecular complexity index is 421. The Morgan fingerprint density at radius 2 is 2.44 bits per heavy atom. The zero-order valence-corrected chi connectivity index (χ0v) is 8.84. The number of hydrogen-bond donors (Lipinski definition) is 2. The second kappa shape index (κ2) is 5.59. The van der Waals surface area contributed by atoms with E-state index < -0.39 is 5.97 Å². The number of carbonyl (C=O) groups excluding carboxylic acids is 1. The molecule has 0 aliphatic carbocycles. The number of ether oxygens (including phenoxy) is 1. The lowest BCUT2D eigenvalue weighted by molar-refractivity contribution is 0.0519. The summed E-state index contributed by atoms with van der Waals surface area (Å²) in [7, 11) is 0. The molecular weight excluding hydrogens is 210 g/mol. The number of aromatic nitrogens is 1. The van der Waals surface area contributed by atoms with E-state index in [9.17, 15) is 4.79 Å². The predicted octanol–water partition coefficient (Wildman–Crippen LogP) is 0.623. The van der Waals surface area contributed by atoms with Crippen molar-refractivity contribution >= 4 is 11.7 Å². The average molecular weight is 223 g/mol. The molecule has 0 amide bonds. The fourth-order valence-corrected chi connectivity index (χ4v) is 1.03. The van der Waals surface area contributed by atoms with Gasteiger partial charge in [0.1, 0.15) is 0 Å². The van der Waals surface area contributed by atoms with Gasteiger partial charge in [0.15, 0.2) is 17.8 Å².